The third-order valence-electron chi connectivity index (χ3n) is 4.34. The van der Waals surface area contributed by atoms with Gasteiger partial charge in [0.05, 0.1) is 4.92 Å². The molecule has 2 N–H and O–H groups in total. The molecule has 26 heavy (non-hydrogen) atoms. The van der Waals surface area contributed by atoms with Crippen LogP contribution in [0, 0.1) is 10.1 Å². The maximum atomic E-state index is 12.5. The van der Waals surface area contributed by atoms with Gasteiger partial charge < -0.3 is 10.6 Å². The highest BCUT2D eigenvalue weighted by Gasteiger charge is 2.25. The summed E-state index contributed by atoms with van der Waals surface area (Å²) >= 11 is 7.36. The van der Waals surface area contributed by atoms with E-state index in [0.29, 0.717) is 12.2 Å². The molecule has 1 saturated carbocycles. The van der Waals surface area contributed by atoms with Crippen LogP contribution in [-0.2, 0) is 4.79 Å². The first-order valence-electron chi connectivity index (χ1n) is 8.46. The van der Waals surface area contributed by atoms with E-state index in [1.807, 2.05) is 6.26 Å². The Morgan fingerprint density at radius 2 is 2.08 bits per heavy atom. The van der Waals surface area contributed by atoms with E-state index in [0.717, 1.165) is 31.7 Å². The zero-order chi connectivity index (χ0) is 19.1. The van der Waals surface area contributed by atoms with Crippen molar-refractivity contribution in [3.8, 4) is 0 Å². The molecule has 0 aromatic heterocycles. The van der Waals surface area contributed by atoms with Crippen LogP contribution in [-0.4, -0.2) is 40.8 Å². The molecule has 0 bridgehead atoms. The van der Waals surface area contributed by atoms with Crippen molar-refractivity contribution in [2.24, 2.45) is 0 Å². The van der Waals surface area contributed by atoms with E-state index in [1.54, 1.807) is 11.8 Å². The van der Waals surface area contributed by atoms with Crippen LogP contribution in [0.25, 0.3) is 0 Å². The van der Waals surface area contributed by atoms with E-state index in [4.69, 9.17) is 11.6 Å². The monoisotopic (exact) mass is 399 g/mol. The smallest absolute Gasteiger partial charge is 0.288 e. The molecule has 0 aliphatic heterocycles. The minimum absolute atomic E-state index is 0.0375. The molecule has 9 heteroatoms. The lowest BCUT2D eigenvalue weighted by Crippen LogP contribution is -2.49. The van der Waals surface area contributed by atoms with Gasteiger partial charge in [0.2, 0.25) is 5.91 Å². The summed E-state index contributed by atoms with van der Waals surface area (Å²) in [6.45, 7) is 0. The minimum Gasteiger partial charge on any atom is -0.352 e. The predicted molar refractivity (Wildman–Crippen MR) is 103 cm³/mol. The van der Waals surface area contributed by atoms with Gasteiger partial charge in [0.25, 0.3) is 11.6 Å². The molecule has 1 aliphatic carbocycles. The average Bonchev–Trinajstić information content (AvgIpc) is 3.11. The van der Waals surface area contributed by atoms with Crippen LogP contribution in [0.1, 0.15) is 42.5 Å². The first kappa shape index (κ1) is 20.5. The fraction of sp³-hybridized carbons (Fsp3) is 0.529. The number of thioether (sulfide) groups is 1. The van der Waals surface area contributed by atoms with Gasteiger partial charge in [-0.2, -0.15) is 11.8 Å². The van der Waals surface area contributed by atoms with Crippen molar-refractivity contribution < 1.29 is 14.5 Å². The van der Waals surface area contributed by atoms with Gasteiger partial charge in [0.1, 0.15) is 11.1 Å². The Kier molecular flexibility index (Phi) is 7.71. The number of hydrogen-bond acceptors (Lipinski definition) is 5. The Morgan fingerprint density at radius 3 is 2.69 bits per heavy atom. The molecule has 1 aliphatic rings. The molecule has 1 atom stereocenters. The fourth-order valence-corrected chi connectivity index (χ4v) is 3.57. The summed E-state index contributed by atoms with van der Waals surface area (Å²) in [5, 5.41) is 16.6. The highest BCUT2D eigenvalue weighted by atomic mass is 35.5. The van der Waals surface area contributed by atoms with Crippen molar-refractivity contribution in [2.45, 2.75) is 44.2 Å². The summed E-state index contributed by atoms with van der Waals surface area (Å²) in [7, 11) is 0. The zero-order valence-electron chi connectivity index (χ0n) is 14.5. The van der Waals surface area contributed by atoms with E-state index in [1.165, 1.54) is 12.1 Å². The quantitative estimate of drug-likeness (QED) is 0.516. The first-order valence-corrected chi connectivity index (χ1v) is 10.2. The van der Waals surface area contributed by atoms with Gasteiger partial charge in [-0.3, -0.25) is 19.7 Å². The van der Waals surface area contributed by atoms with Crippen molar-refractivity contribution in [3.63, 3.8) is 0 Å². The van der Waals surface area contributed by atoms with E-state index < -0.39 is 16.9 Å². The van der Waals surface area contributed by atoms with Crippen LogP contribution in [0.2, 0.25) is 5.02 Å². The first-order chi connectivity index (χ1) is 12.4. The Hall–Kier alpha value is -1.80. The third kappa shape index (κ3) is 5.60. The van der Waals surface area contributed by atoms with Crippen molar-refractivity contribution in [3.05, 3.63) is 38.9 Å². The Labute approximate surface area is 161 Å². The highest BCUT2D eigenvalue weighted by molar-refractivity contribution is 7.98. The van der Waals surface area contributed by atoms with Crippen LogP contribution in [0.3, 0.4) is 0 Å². The van der Waals surface area contributed by atoms with Gasteiger partial charge in [-0.25, -0.2) is 0 Å². The molecule has 2 amide bonds. The average molecular weight is 400 g/mol. The maximum absolute atomic E-state index is 12.5. The van der Waals surface area contributed by atoms with Crippen molar-refractivity contribution in [1.82, 2.24) is 10.6 Å². The lowest BCUT2D eigenvalue weighted by Gasteiger charge is -2.21. The molecule has 0 heterocycles. The second kappa shape index (κ2) is 9.78. The second-order valence-corrected chi connectivity index (χ2v) is 7.61. The lowest BCUT2D eigenvalue weighted by molar-refractivity contribution is -0.384. The molecule has 1 aromatic carbocycles. The molecular formula is C17H22ClN3O4S. The number of carbonyl (C=O) groups is 2. The van der Waals surface area contributed by atoms with Gasteiger partial charge in [-0.1, -0.05) is 24.4 Å². The van der Waals surface area contributed by atoms with Crippen LogP contribution in [0.5, 0.6) is 0 Å². The number of halogens is 1. The maximum Gasteiger partial charge on any atom is 0.288 e. The van der Waals surface area contributed by atoms with E-state index in [9.17, 15) is 19.7 Å². The molecule has 0 saturated heterocycles. The van der Waals surface area contributed by atoms with Gasteiger partial charge in [0, 0.05) is 17.7 Å². The van der Waals surface area contributed by atoms with E-state index >= 15 is 0 Å². The van der Waals surface area contributed by atoms with E-state index in [-0.39, 0.29) is 28.2 Å². The van der Waals surface area contributed by atoms with Gasteiger partial charge >= 0.3 is 0 Å². The molecule has 0 radical (unpaired) electrons. The predicted octanol–water partition coefficient (Wildman–Crippen LogP) is 3.16. The molecule has 0 spiro atoms. The number of carbonyl (C=O) groups excluding carboxylic acids is 2. The number of rotatable bonds is 8. The molecule has 1 fully saturated rings. The molecule has 142 valence electrons. The number of nitro groups is 1. The number of amides is 2. The number of benzene rings is 1. The number of nitrogens with one attached hydrogen (secondary N) is 2. The van der Waals surface area contributed by atoms with Crippen LogP contribution in [0.4, 0.5) is 5.69 Å². The molecule has 2 rings (SSSR count). The topological polar surface area (TPSA) is 101 Å². The van der Waals surface area contributed by atoms with Gasteiger partial charge in [0.15, 0.2) is 0 Å². The highest BCUT2D eigenvalue weighted by Crippen LogP contribution is 2.25. The largest absolute Gasteiger partial charge is 0.352 e. The van der Waals surface area contributed by atoms with Crippen molar-refractivity contribution >= 4 is 40.9 Å². The minimum atomic E-state index is -0.676. The third-order valence-corrected chi connectivity index (χ3v) is 5.30. The number of nitro benzene ring substituents is 1. The Morgan fingerprint density at radius 1 is 1.38 bits per heavy atom. The fourth-order valence-electron chi connectivity index (χ4n) is 2.91. The standard InChI is InChI=1S/C17H22ClN3O4S/c1-26-9-8-14(17(23)19-12-4-2-3-5-12)20-16(22)11-6-7-13(18)15(10-11)21(24)25/h6-7,10,12,14H,2-5,8-9H2,1H3,(H,19,23)(H,20,22). The SMILES string of the molecule is CSCCC(NC(=O)c1ccc(Cl)c([N+](=O)[O-])c1)C(=O)NC1CCCC1. The molecule has 1 aromatic rings. The number of nitrogens with zero attached hydrogens (tertiary/aromatic N) is 1. The Bertz CT molecular complexity index is 680. The summed E-state index contributed by atoms with van der Waals surface area (Å²) in [6.07, 6.45) is 6.52. The summed E-state index contributed by atoms with van der Waals surface area (Å²) in [6, 6.07) is 3.33. The second-order valence-electron chi connectivity index (χ2n) is 6.22. The summed E-state index contributed by atoms with van der Waals surface area (Å²) in [4.78, 5) is 35.4. The van der Waals surface area contributed by atoms with Crippen molar-refractivity contribution in [2.75, 3.05) is 12.0 Å². The number of hydrogen-bond donors (Lipinski definition) is 2. The van der Waals surface area contributed by atoms with Gasteiger partial charge in [-0.05, 0) is 43.4 Å². The normalized spacial score (nSPS) is 15.5. The molecule has 7 nitrogen and oxygen atoms in total. The zero-order valence-corrected chi connectivity index (χ0v) is 16.1. The summed E-state index contributed by atoms with van der Waals surface area (Å²) in [5.41, 5.74) is -0.237. The van der Waals surface area contributed by atoms with Crippen molar-refractivity contribution in [1.29, 1.82) is 0 Å². The van der Waals surface area contributed by atoms with Crippen LogP contribution >= 0.6 is 23.4 Å². The molecular weight excluding hydrogens is 378 g/mol. The summed E-state index contributed by atoms with van der Waals surface area (Å²) in [5.74, 6) is -0.0238. The van der Waals surface area contributed by atoms with Crippen LogP contribution in [0.15, 0.2) is 18.2 Å². The van der Waals surface area contributed by atoms with Gasteiger partial charge in [-0.15, -0.1) is 0 Å². The molecule has 1 unspecified atom stereocenters. The summed E-state index contributed by atoms with van der Waals surface area (Å²) < 4.78 is 0. The lowest BCUT2D eigenvalue weighted by atomic mass is 10.1. The van der Waals surface area contributed by atoms with Crippen LogP contribution < -0.4 is 10.6 Å². The van der Waals surface area contributed by atoms with E-state index in [2.05, 4.69) is 10.6 Å². The Balaban J connectivity index is 2.08.